The van der Waals surface area contributed by atoms with E-state index in [2.05, 4.69) is 11.3 Å². The summed E-state index contributed by atoms with van der Waals surface area (Å²) >= 11 is 3.38. The Morgan fingerprint density at radius 3 is 2.52 bits per heavy atom. The first-order valence-corrected chi connectivity index (χ1v) is 8.90. The van der Waals surface area contributed by atoms with Crippen molar-refractivity contribution in [3.8, 4) is 0 Å². The van der Waals surface area contributed by atoms with Crippen molar-refractivity contribution in [2.45, 2.75) is 18.9 Å². The van der Waals surface area contributed by atoms with E-state index in [1.165, 1.54) is 12.7 Å². The van der Waals surface area contributed by atoms with Gasteiger partial charge in [0.25, 0.3) is 0 Å². The molecule has 1 rings (SSSR count). The molecule has 0 N–H and O–H groups in total. The third kappa shape index (κ3) is 7.04. The van der Waals surface area contributed by atoms with Gasteiger partial charge in [0.15, 0.2) is 0 Å². The van der Waals surface area contributed by atoms with Gasteiger partial charge in [-0.3, -0.25) is 9.59 Å². The van der Waals surface area contributed by atoms with Crippen LogP contribution in [-0.2, 0) is 23.9 Å². The molecule has 0 radical (unpaired) electrons. The molecule has 0 bridgehead atoms. The number of hydrogen-bond acceptors (Lipinski definition) is 7. The van der Waals surface area contributed by atoms with Crippen molar-refractivity contribution in [1.82, 2.24) is 0 Å². The molecule has 5 nitrogen and oxygen atoms in total. The molecule has 1 unspecified atom stereocenters. The van der Waals surface area contributed by atoms with E-state index < -0.39 is 17.9 Å². The maximum absolute atomic E-state index is 11.9. The van der Waals surface area contributed by atoms with Crippen LogP contribution in [-0.4, -0.2) is 54.4 Å². The number of esters is 2. The molecule has 0 spiro atoms. The normalized spacial score (nSPS) is 18.2. The Labute approximate surface area is 133 Å². The molecule has 0 amide bonds. The number of thioether (sulfide) groups is 2. The fraction of sp³-hybridized carbons (Fsp3) is 0.643. The highest BCUT2D eigenvalue weighted by atomic mass is 32.2. The van der Waals surface area contributed by atoms with Crippen LogP contribution in [0.25, 0.3) is 0 Å². The van der Waals surface area contributed by atoms with Crippen LogP contribution in [0.2, 0.25) is 0 Å². The first-order valence-electron chi connectivity index (χ1n) is 6.59. The second-order valence-electron chi connectivity index (χ2n) is 4.72. The molecular formula is C14H20O5S2. The first kappa shape index (κ1) is 18.1. The molecule has 1 saturated heterocycles. The van der Waals surface area contributed by atoms with Crippen LogP contribution in [0.3, 0.4) is 0 Å². The van der Waals surface area contributed by atoms with Gasteiger partial charge in [-0.05, 0) is 0 Å². The average Bonchev–Trinajstić information content (AvgIpc) is 2.43. The summed E-state index contributed by atoms with van der Waals surface area (Å²) in [4.78, 5) is 33.9. The van der Waals surface area contributed by atoms with E-state index in [-0.39, 0.29) is 18.9 Å². The number of carbonyl (C=O) groups is 3. The summed E-state index contributed by atoms with van der Waals surface area (Å²) in [5.41, 5.74) is 1.19. The predicted octanol–water partition coefficient (Wildman–Crippen LogP) is 1.70. The van der Waals surface area contributed by atoms with Crippen molar-refractivity contribution in [2.24, 2.45) is 5.92 Å². The van der Waals surface area contributed by atoms with Gasteiger partial charge in [0.2, 0.25) is 0 Å². The molecule has 1 heterocycles. The van der Waals surface area contributed by atoms with Gasteiger partial charge in [-0.25, -0.2) is 0 Å². The lowest BCUT2D eigenvalue weighted by Gasteiger charge is -2.21. The summed E-state index contributed by atoms with van der Waals surface area (Å²) < 4.78 is 9.98. The van der Waals surface area contributed by atoms with Gasteiger partial charge in [-0.1, -0.05) is 12.2 Å². The van der Waals surface area contributed by atoms with E-state index in [0.717, 1.165) is 11.5 Å². The number of carbonyl (C=O) groups excluding carboxylic acids is 3. The Bertz CT molecular complexity index is 385. The van der Waals surface area contributed by atoms with Crippen molar-refractivity contribution in [3.63, 3.8) is 0 Å². The minimum atomic E-state index is -0.756. The van der Waals surface area contributed by atoms with Gasteiger partial charge in [0, 0.05) is 29.4 Å². The quantitative estimate of drug-likeness (QED) is 0.416. The van der Waals surface area contributed by atoms with E-state index in [0.29, 0.717) is 17.8 Å². The van der Waals surface area contributed by atoms with E-state index in [1.54, 1.807) is 23.5 Å². The minimum Gasteiger partial charge on any atom is -0.469 e. The largest absolute Gasteiger partial charge is 0.469 e. The van der Waals surface area contributed by atoms with Crippen molar-refractivity contribution < 1.29 is 23.9 Å². The summed E-state index contributed by atoms with van der Waals surface area (Å²) in [7, 11) is 1.24. The molecule has 1 aliphatic heterocycles. The van der Waals surface area contributed by atoms with Gasteiger partial charge in [-0.15, -0.1) is 0 Å². The molecule has 0 aromatic heterocycles. The Morgan fingerprint density at radius 1 is 1.38 bits per heavy atom. The van der Waals surface area contributed by atoms with Gasteiger partial charge in [-0.2, -0.15) is 23.5 Å². The molecule has 1 aliphatic rings. The zero-order valence-electron chi connectivity index (χ0n) is 12.0. The van der Waals surface area contributed by atoms with Crippen molar-refractivity contribution in [3.05, 3.63) is 12.2 Å². The molecular weight excluding hydrogens is 312 g/mol. The molecule has 0 aromatic carbocycles. The molecule has 21 heavy (non-hydrogen) atoms. The average molecular weight is 332 g/mol. The van der Waals surface area contributed by atoms with Crippen LogP contribution in [0, 0.1) is 5.92 Å². The van der Waals surface area contributed by atoms with Crippen molar-refractivity contribution in [2.75, 3.05) is 30.1 Å². The molecule has 1 fully saturated rings. The minimum absolute atomic E-state index is 0.0320. The highest BCUT2D eigenvalue weighted by molar-refractivity contribution is 8.01. The summed E-state index contributed by atoms with van der Waals surface area (Å²) in [6.45, 7) is 3.96. The summed E-state index contributed by atoms with van der Waals surface area (Å²) in [6, 6.07) is 0. The number of methoxy groups -OCH3 is 1. The van der Waals surface area contributed by atoms with Crippen LogP contribution in [0.1, 0.15) is 12.8 Å². The lowest BCUT2D eigenvalue weighted by molar-refractivity contribution is -0.155. The maximum Gasteiger partial charge on any atom is 0.309 e. The summed E-state index contributed by atoms with van der Waals surface area (Å²) in [6.07, 6.45) is 0.289. The Morgan fingerprint density at radius 2 is 2.00 bits per heavy atom. The third-order valence-corrected chi connectivity index (χ3v) is 5.29. The van der Waals surface area contributed by atoms with Gasteiger partial charge >= 0.3 is 11.9 Å². The van der Waals surface area contributed by atoms with Crippen LogP contribution >= 0.6 is 23.5 Å². The fourth-order valence-electron chi connectivity index (χ4n) is 1.81. The van der Waals surface area contributed by atoms with Crippen molar-refractivity contribution >= 4 is 41.7 Å². The number of aldehydes is 1. The fourth-order valence-corrected chi connectivity index (χ4v) is 4.00. The highest BCUT2D eigenvalue weighted by Crippen LogP contribution is 2.22. The molecule has 0 aliphatic carbocycles. The third-order valence-electron chi connectivity index (χ3n) is 2.85. The Kier molecular flexibility index (Phi) is 8.52. The smallest absolute Gasteiger partial charge is 0.309 e. The highest BCUT2D eigenvalue weighted by Gasteiger charge is 2.25. The number of rotatable bonds is 6. The molecule has 0 saturated carbocycles. The maximum atomic E-state index is 11.9. The van der Waals surface area contributed by atoms with E-state index >= 15 is 0 Å². The van der Waals surface area contributed by atoms with Gasteiger partial charge in [0.05, 0.1) is 19.4 Å². The van der Waals surface area contributed by atoms with Gasteiger partial charge < -0.3 is 14.3 Å². The van der Waals surface area contributed by atoms with E-state index in [4.69, 9.17) is 4.74 Å². The lowest BCUT2D eigenvalue weighted by atomic mass is 10.0. The van der Waals surface area contributed by atoms with E-state index in [1.807, 2.05) is 0 Å². The Hall–Kier alpha value is -0.950. The molecule has 7 heteroatoms. The van der Waals surface area contributed by atoms with Crippen LogP contribution in [0.15, 0.2) is 12.2 Å². The van der Waals surface area contributed by atoms with Crippen LogP contribution in [0.4, 0.5) is 0 Å². The second-order valence-corrected chi connectivity index (χ2v) is 6.78. The van der Waals surface area contributed by atoms with Gasteiger partial charge in [0.1, 0.15) is 12.4 Å². The van der Waals surface area contributed by atoms with E-state index in [9.17, 15) is 14.4 Å². The van der Waals surface area contributed by atoms with Crippen molar-refractivity contribution in [1.29, 1.82) is 0 Å². The molecule has 118 valence electrons. The topological polar surface area (TPSA) is 69.7 Å². The monoisotopic (exact) mass is 332 g/mol. The lowest BCUT2D eigenvalue weighted by Crippen LogP contribution is -2.28. The standard InChI is InChI=1S/C14H20O5S2/c1-10-6-20-8-12(9-21-7-10)19-13(16)5-11(3-4-15)14(17)18-2/h4,11-12H,1,3,5-9H2,2H3. The number of ether oxygens (including phenoxy) is 2. The predicted molar refractivity (Wildman–Crippen MR) is 84.5 cm³/mol. The zero-order chi connectivity index (χ0) is 15.7. The Balaban J connectivity index is 2.45. The first-order chi connectivity index (χ1) is 10.1. The second kappa shape index (κ2) is 9.89. The zero-order valence-corrected chi connectivity index (χ0v) is 13.7. The molecule has 1 atom stereocenters. The van der Waals surface area contributed by atoms with Crippen LogP contribution < -0.4 is 0 Å². The summed E-state index contributed by atoms with van der Waals surface area (Å²) in [5, 5.41) is 0. The SMILES string of the molecule is C=C1CSCC(OC(=O)CC(CC=O)C(=O)OC)CSC1. The molecule has 0 aromatic rings. The number of hydrogen-bond donors (Lipinski definition) is 0. The summed E-state index contributed by atoms with van der Waals surface area (Å²) in [5.74, 6) is 1.40. The van der Waals surface area contributed by atoms with Crippen LogP contribution in [0.5, 0.6) is 0 Å².